The van der Waals surface area contributed by atoms with Crippen molar-refractivity contribution < 1.29 is 9.59 Å². The Hall–Kier alpha value is -3.08. The number of para-hydroxylation sites is 3. The van der Waals surface area contributed by atoms with E-state index in [0.717, 1.165) is 28.6 Å². The Morgan fingerprint density at radius 3 is 2.77 bits per heavy atom. The zero-order chi connectivity index (χ0) is 17.9. The lowest BCUT2D eigenvalue weighted by molar-refractivity contribution is -0.117. The van der Waals surface area contributed by atoms with Crippen LogP contribution in [0.2, 0.25) is 0 Å². The van der Waals surface area contributed by atoms with Gasteiger partial charge in [-0.1, -0.05) is 30.3 Å². The summed E-state index contributed by atoms with van der Waals surface area (Å²) in [4.78, 5) is 29.5. The van der Waals surface area contributed by atoms with Crippen LogP contribution in [-0.4, -0.2) is 23.3 Å². The Balaban J connectivity index is 1.45. The minimum atomic E-state index is -0.0469. The number of benzene rings is 2. The first-order valence-corrected chi connectivity index (χ1v) is 8.96. The molecule has 132 valence electrons. The number of aromatic amines is 1. The minimum Gasteiger partial charge on any atom is -0.361 e. The van der Waals surface area contributed by atoms with E-state index in [-0.39, 0.29) is 11.8 Å². The maximum atomic E-state index is 12.5. The first kappa shape index (κ1) is 16.4. The molecule has 2 N–H and O–H groups in total. The molecule has 0 saturated carbocycles. The molecule has 26 heavy (non-hydrogen) atoms. The fourth-order valence-electron chi connectivity index (χ4n) is 3.52. The first-order valence-electron chi connectivity index (χ1n) is 8.96. The van der Waals surface area contributed by atoms with Gasteiger partial charge in [-0.2, -0.15) is 0 Å². The lowest BCUT2D eigenvalue weighted by atomic mass is 10.1. The third kappa shape index (κ3) is 3.20. The molecule has 0 radical (unpaired) electrons. The summed E-state index contributed by atoms with van der Waals surface area (Å²) in [6, 6.07) is 15.6. The lowest BCUT2D eigenvalue weighted by Gasteiger charge is -2.20. The molecule has 0 aliphatic carbocycles. The molecule has 1 fully saturated rings. The number of anilines is 2. The number of amides is 2. The van der Waals surface area contributed by atoms with Gasteiger partial charge in [0.2, 0.25) is 11.8 Å². The normalized spacial score (nSPS) is 14.2. The molecule has 1 aliphatic heterocycles. The Morgan fingerprint density at radius 1 is 1.12 bits per heavy atom. The summed E-state index contributed by atoms with van der Waals surface area (Å²) < 4.78 is 0. The van der Waals surface area contributed by atoms with Crippen LogP contribution in [0.4, 0.5) is 11.4 Å². The minimum absolute atomic E-state index is 0.0469. The second kappa shape index (κ2) is 7.04. The van der Waals surface area contributed by atoms with Gasteiger partial charge in [-0.15, -0.1) is 0 Å². The summed E-state index contributed by atoms with van der Waals surface area (Å²) in [5, 5.41) is 4.13. The largest absolute Gasteiger partial charge is 0.361 e. The highest BCUT2D eigenvalue weighted by Gasteiger charge is 2.24. The molecule has 2 aromatic carbocycles. The van der Waals surface area contributed by atoms with Crippen molar-refractivity contribution in [2.24, 2.45) is 0 Å². The van der Waals surface area contributed by atoms with Crippen molar-refractivity contribution in [1.29, 1.82) is 0 Å². The van der Waals surface area contributed by atoms with Gasteiger partial charge in [-0.05, 0) is 36.6 Å². The molecule has 2 heterocycles. The van der Waals surface area contributed by atoms with Crippen molar-refractivity contribution in [3.05, 3.63) is 60.3 Å². The molecule has 5 heteroatoms. The predicted octanol–water partition coefficient (Wildman–Crippen LogP) is 3.87. The molecular weight excluding hydrogens is 326 g/mol. The van der Waals surface area contributed by atoms with Crippen molar-refractivity contribution in [2.45, 2.75) is 25.7 Å². The zero-order valence-corrected chi connectivity index (χ0v) is 14.5. The van der Waals surface area contributed by atoms with E-state index >= 15 is 0 Å². The summed E-state index contributed by atoms with van der Waals surface area (Å²) in [7, 11) is 0. The number of nitrogens with one attached hydrogen (secondary N) is 2. The van der Waals surface area contributed by atoms with Gasteiger partial charge in [-0.25, -0.2) is 0 Å². The number of H-pyrrole nitrogens is 1. The number of hydrogen-bond acceptors (Lipinski definition) is 2. The molecule has 5 nitrogen and oxygen atoms in total. The molecule has 0 unspecified atom stereocenters. The summed E-state index contributed by atoms with van der Waals surface area (Å²) in [5.74, 6) is 0.0693. The van der Waals surface area contributed by atoms with Gasteiger partial charge in [0.25, 0.3) is 0 Å². The SMILES string of the molecule is O=C(CCc1c[nH]c2ccccc12)Nc1ccccc1N1CCCC1=O. The van der Waals surface area contributed by atoms with E-state index < -0.39 is 0 Å². The number of aromatic nitrogens is 1. The van der Waals surface area contributed by atoms with Crippen LogP contribution in [-0.2, 0) is 16.0 Å². The second-order valence-electron chi connectivity index (χ2n) is 6.57. The van der Waals surface area contributed by atoms with E-state index in [2.05, 4.69) is 16.4 Å². The molecule has 2 amide bonds. The Morgan fingerprint density at radius 2 is 1.92 bits per heavy atom. The number of carbonyl (C=O) groups is 2. The van der Waals surface area contributed by atoms with Crippen molar-refractivity contribution in [3.8, 4) is 0 Å². The van der Waals surface area contributed by atoms with Crippen LogP contribution < -0.4 is 10.2 Å². The van der Waals surface area contributed by atoms with Crippen LogP contribution in [0.25, 0.3) is 10.9 Å². The molecule has 0 atom stereocenters. The standard InChI is InChI=1S/C21H21N3O2/c25-20(12-11-15-14-22-17-7-2-1-6-16(15)17)23-18-8-3-4-9-19(18)24-13-5-10-21(24)26/h1-4,6-9,14,22H,5,10-13H2,(H,23,25). The Bertz CT molecular complexity index is 961. The molecule has 1 aromatic heterocycles. The van der Waals surface area contributed by atoms with E-state index in [1.165, 1.54) is 0 Å². The highest BCUT2D eigenvalue weighted by atomic mass is 16.2. The van der Waals surface area contributed by atoms with E-state index in [0.29, 0.717) is 31.5 Å². The van der Waals surface area contributed by atoms with Crippen LogP contribution >= 0.6 is 0 Å². The van der Waals surface area contributed by atoms with Crippen LogP contribution in [0, 0.1) is 0 Å². The van der Waals surface area contributed by atoms with Crippen LogP contribution in [0.3, 0.4) is 0 Å². The quantitative estimate of drug-likeness (QED) is 0.736. The summed E-state index contributed by atoms with van der Waals surface area (Å²) in [6.45, 7) is 0.709. The number of aryl methyl sites for hydroxylation is 1. The molecule has 3 aromatic rings. The Kier molecular flexibility index (Phi) is 4.44. The number of fused-ring (bicyclic) bond motifs is 1. The van der Waals surface area contributed by atoms with Crippen molar-refractivity contribution in [2.75, 3.05) is 16.8 Å². The second-order valence-corrected chi connectivity index (χ2v) is 6.57. The van der Waals surface area contributed by atoms with Crippen LogP contribution in [0.1, 0.15) is 24.8 Å². The van der Waals surface area contributed by atoms with Crippen molar-refractivity contribution in [1.82, 2.24) is 4.98 Å². The number of rotatable bonds is 5. The maximum Gasteiger partial charge on any atom is 0.227 e. The number of carbonyl (C=O) groups excluding carboxylic acids is 2. The summed E-state index contributed by atoms with van der Waals surface area (Å²) in [5.41, 5.74) is 3.71. The van der Waals surface area contributed by atoms with Gasteiger partial charge < -0.3 is 15.2 Å². The monoisotopic (exact) mass is 347 g/mol. The van der Waals surface area contributed by atoms with E-state index in [1.54, 1.807) is 4.90 Å². The molecule has 1 aliphatic rings. The topological polar surface area (TPSA) is 65.2 Å². The van der Waals surface area contributed by atoms with E-state index in [4.69, 9.17) is 0 Å². The first-order chi connectivity index (χ1) is 12.7. The van der Waals surface area contributed by atoms with Gasteiger partial charge in [0, 0.05) is 36.5 Å². The van der Waals surface area contributed by atoms with Crippen molar-refractivity contribution >= 4 is 34.1 Å². The van der Waals surface area contributed by atoms with Crippen molar-refractivity contribution in [3.63, 3.8) is 0 Å². The highest BCUT2D eigenvalue weighted by molar-refractivity contribution is 6.02. The molecule has 0 spiro atoms. The smallest absolute Gasteiger partial charge is 0.227 e. The Labute approximate surface area is 152 Å². The molecule has 1 saturated heterocycles. The van der Waals surface area contributed by atoms with Crippen LogP contribution in [0.15, 0.2) is 54.7 Å². The van der Waals surface area contributed by atoms with Gasteiger partial charge in [0.1, 0.15) is 0 Å². The highest BCUT2D eigenvalue weighted by Crippen LogP contribution is 2.29. The average Bonchev–Trinajstić information content (AvgIpc) is 3.27. The molecule has 0 bridgehead atoms. The summed E-state index contributed by atoms with van der Waals surface area (Å²) >= 11 is 0. The van der Waals surface area contributed by atoms with Gasteiger partial charge >= 0.3 is 0 Å². The third-order valence-electron chi connectivity index (χ3n) is 4.84. The van der Waals surface area contributed by atoms with Gasteiger partial charge in [-0.3, -0.25) is 9.59 Å². The fraction of sp³-hybridized carbons (Fsp3) is 0.238. The molecule has 4 rings (SSSR count). The third-order valence-corrected chi connectivity index (χ3v) is 4.84. The van der Waals surface area contributed by atoms with E-state index in [9.17, 15) is 9.59 Å². The predicted molar refractivity (Wildman–Crippen MR) is 103 cm³/mol. The fourth-order valence-corrected chi connectivity index (χ4v) is 3.52. The maximum absolute atomic E-state index is 12.5. The number of nitrogens with zero attached hydrogens (tertiary/aromatic N) is 1. The molecular formula is C21H21N3O2. The van der Waals surface area contributed by atoms with Gasteiger partial charge in [0.05, 0.1) is 11.4 Å². The zero-order valence-electron chi connectivity index (χ0n) is 14.5. The van der Waals surface area contributed by atoms with Crippen LogP contribution in [0.5, 0.6) is 0 Å². The number of hydrogen-bond donors (Lipinski definition) is 2. The van der Waals surface area contributed by atoms with E-state index in [1.807, 2.05) is 48.7 Å². The summed E-state index contributed by atoms with van der Waals surface area (Å²) in [6.07, 6.45) is 4.46. The average molecular weight is 347 g/mol. The lowest BCUT2D eigenvalue weighted by Crippen LogP contribution is -2.25. The van der Waals surface area contributed by atoms with Gasteiger partial charge in [0.15, 0.2) is 0 Å².